The van der Waals surface area contributed by atoms with Gasteiger partial charge in [-0.25, -0.2) is 17.2 Å². The molecule has 0 aliphatic carbocycles. The second kappa shape index (κ2) is 10.1. The van der Waals surface area contributed by atoms with Crippen LogP contribution in [0.5, 0.6) is 0 Å². The van der Waals surface area contributed by atoms with Gasteiger partial charge in [0.15, 0.2) is 0 Å². The van der Waals surface area contributed by atoms with Gasteiger partial charge in [0.25, 0.3) is 0 Å². The van der Waals surface area contributed by atoms with Gasteiger partial charge < -0.3 is 10.2 Å². The van der Waals surface area contributed by atoms with Crippen molar-refractivity contribution in [3.8, 4) is 0 Å². The van der Waals surface area contributed by atoms with Crippen LogP contribution in [0, 0.1) is 11.6 Å². The number of halogens is 3. The quantitative estimate of drug-likeness (QED) is 0.638. The largest absolute Gasteiger partial charge is 0.357 e. The first kappa shape index (κ1) is 24.5. The van der Waals surface area contributed by atoms with Crippen molar-refractivity contribution in [1.82, 2.24) is 10.2 Å². The minimum absolute atomic E-state index is 0.00317. The summed E-state index contributed by atoms with van der Waals surface area (Å²) in [7, 11) is -2.55. The van der Waals surface area contributed by atoms with Gasteiger partial charge in [0, 0.05) is 13.6 Å². The lowest BCUT2D eigenvalue weighted by atomic mass is 10.1. The zero-order valence-corrected chi connectivity index (χ0v) is 18.7. The van der Waals surface area contributed by atoms with Crippen LogP contribution in [0.1, 0.15) is 12.5 Å². The third kappa shape index (κ3) is 6.38. The van der Waals surface area contributed by atoms with E-state index >= 15 is 0 Å². The zero-order valence-electron chi connectivity index (χ0n) is 17.1. The maximum atomic E-state index is 13.5. The van der Waals surface area contributed by atoms with Crippen molar-refractivity contribution in [2.45, 2.75) is 19.5 Å². The number of rotatable bonds is 8. The Labute approximate surface area is 184 Å². The molecule has 0 unspecified atom stereocenters. The van der Waals surface area contributed by atoms with Gasteiger partial charge in [-0.2, -0.15) is 0 Å². The Hall–Kier alpha value is -2.72. The van der Waals surface area contributed by atoms with E-state index in [1.54, 1.807) is 0 Å². The van der Waals surface area contributed by atoms with Crippen LogP contribution in [0.2, 0.25) is 5.02 Å². The molecule has 0 aliphatic rings. The molecule has 0 heterocycles. The molecule has 0 fully saturated rings. The van der Waals surface area contributed by atoms with Crippen LogP contribution in [0.3, 0.4) is 0 Å². The summed E-state index contributed by atoms with van der Waals surface area (Å²) in [4.78, 5) is 26.5. The number of likely N-dealkylation sites (N-methyl/N-ethyl adjacent to an activating group) is 1. The number of nitrogens with one attached hydrogen (secondary N) is 1. The molecule has 2 aromatic carbocycles. The average Bonchev–Trinajstić information content (AvgIpc) is 2.71. The van der Waals surface area contributed by atoms with Crippen molar-refractivity contribution in [2.75, 3.05) is 24.2 Å². The first-order valence-electron chi connectivity index (χ1n) is 9.12. The highest BCUT2D eigenvalue weighted by Gasteiger charge is 2.30. The molecule has 2 rings (SSSR count). The number of nitrogens with zero attached hydrogens (tertiary/aromatic N) is 2. The molecule has 1 atom stereocenters. The van der Waals surface area contributed by atoms with E-state index in [1.807, 2.05) is 0 Å². The van der Waals surface area contributed by atoms with Crippen LogP contribution in [0.4, 0.5) is 14.5 Å². The molecule has 0 aromatic heterocycles. The van der Waals surface area contributed by atoms with E-state index in [4.69, 9.17) is 11.6 Å². The highest BCUT2D eigenvalue weighted by molar-refractivity contribution is 7.92. The van der Waals surface area contributed by atoms with E-state index in [9.17, 15) is 26.8 Å². The summed E-state index contributed by atoms with van der Waals surface area (Å²) in [5, 5.41) is 2.14. The van der Waals surface area contributed by atoms with Crippen molar-refractivity contribution < 1.29 is 26.8 Å². The second-order valence-electron chi connectivity index (χ2n) is 6.81. The van der Waals surface area contributed by atoms with E-state index in [0.29, 0.717) is 5.56 Å². The van der Waals surface area contributed by atoms with Gasteiger partial charge in [-0.3, -0.25) is 13.9 Å². The topological polar surface area (TPSA) is 86.8 Å². The second-order valence-corrected chi connectivity index (χ2v) is 9.12. The Bertz CT molecular complexity index is 1060. The summed E-state index contributed by atoms with van der Waals surface area (Å²) in [5.74, 6) is -2.36. The normalized spacial score (nSPS) is 12.2. The third-order valence-corrected chi connectivity index (χ3v) is 5.98. The highest BCUT2D eigenvalue weighted by Crippen LogP contribution is 2.25. The number of carbonyl (C=O) groups is 2. The molecule has 0 bridgehead atoms. The van der Waals surface area contributed by atoms with E-state index in [0.717, 1.165) is 22.7 Å². The van der Waals surface area contributed by atoms with Gasteiger partial charge in [0.1, 0.15) is 24.2 Å². The molecule has 0 aliphatic heterocycles. The Morgan fingerprint density at radius 2 is 1.74 bits per heavy atom. The monoisotopic (exact) mass is 473 g/mol. The molecule has 0 saturated carbocycles. The van der Waals surface area contributed by atoms with Gasteiger partial charge in [-0.15, -0.1) is 0 Å². The Morgan fingerprint density at radius 3 is 2.26 bits per heavy atom. The van der Waals surface area contributed by atoms with Crippen LogP contribution in [-0.2, 0) is 26.2 Å². The Morgan fingerprint density at radius 1 is 1.13 bits per heavy atom. The average molecular weight is 474 g/mol. The van der Waals surface area contributed by atoms with Crippen molar-refractivity contribution >= 4 is 39.1 Å². The zero-order chi connectivity index (χ0) is 23.3. The van der Waals surface area contributed by atoms with Gasteiger partial charge in [0.2, 0.25) is 21.8 Å². The van der Waals surface area contributed by atoms with E-state index in [-0.39, 0.29) is 17.3 Å². The van der Waals surface area contributed by atoms with E-state index in [1.165, 1.54) is 49.2 Å². The smallest absolute Gasteiger partial charge is 0.244 e. The molecule has 2 amide bonds. The number of anilines is 1. The van der Waals surface area contributed by atoms with Crippen LogP contribution < -0.4 is 9.62 Å². The first-order chi connectivity index (χ1) is 14.4. The Kier molecular flexibility index (Phi) is 7.96. The maximum Gasteiger partial charge on any atom is 0.244 e. The van der Waals surface area contributed by atoms with Crippen LogP contribution >= 0.6 is 11.6 Å². The number of benzene rings is 2. The lowest BCUT2D eigenvalue weighted by Crippen LogP contribution is -2.50. The standard InChI is InChI=1S/C20H22ClF2N3O4S/c1-13(20(28)24-2)25(11-14-4-6-15(22)7-5-14)19(27)12-26(31(3,29)30)16-8-9-18(23)17(21)10-16/h4-10,13H,11-12H2,1-3H3,(H,24,28)/t13-/m0/s1. The Balaban J connectivity index is 2.39. The summed E-state index contributed by atoms with van der Waals surface area (Å²) < 4.78 is 52.2. The van der Waals surface area contributed by atoms with Crippen LogP contribution in [0.25, 0.3) is 0 Å². The van der Waals surface area contributed by atoms with Gasteiger partial charge in [-0.05, 0) is 42.8 Å². The minimum Gasteiger partial charge on any atom is -0.357 e. The molecule has 31 heavy (non-hydrogen) atoms. The fourth-order valence-electron chi connectivity index (χ4n) is 2.83. The number of hydrogen-bond donors (Lipinski definition) is 1. The molecule has 0 spiro atoms. The lowest BCUT2D eigenvalue weighted by Gasteiger charge is -2.31. The molecule has 0 saturated heterocycles. The SMILES string of the molecule is CNC(=O)[C@H](C)N(Cc1ccc(F)cc1)C(=O)CN(c1ccc(F)c(Cl)c1)S(C)(=O)=O. The summed E-state index contributed by atoms with van der Waals surface area (Å²) in [6.45, 7) is 0.776. The predicted molar refractivity (Wildman–Crippen MR) is 114 cm³/mol. The van der Waals surface area contributed by atoms with Crippen molar-refractivity contribution in [3.63, 3.8) is 0 Å². The molecular weight excluding hydrogens is 452 g/mol. The highest BCUT2D eigenvalue weighted by atomic mass is 35.5. The van der Waals surface area contributed by atoms with Crippen molar-refractivity contribution in [2.24, 2.45) is 0 Å². The summed E-state index contributed by atoms with van der Waals surface area (Å²) >= 11 is 5.76. The molecule has 1 N–H and O–H groups in total. The summed E-state index contributed by atoms with van der Waals surface area (Å²) in [6.07, 6.45) is 0.893. The van der Waals surface area contributed by atoms with Crippen LogP contribution in [-0.4, -0.2) is 51.0 Å². The molecular formula is C20H22ClF2N3O4S. The van der Waals surface area contributed by atoms with Crippen molar-refractivity contribution in [1.29, 1.82) is 0 Å². The van der Waals surface area contributed by atoms with Gasteiger partial charge in [0.05, 0.1) is 17.0 Å². The van der Waals surface area contributed by atoms with Crippen LogP contribution in [0.15, 0.2) is 42.5 Å². The number of sulfonamides is 1. The number of carbonyl (C=O) groups excluding carboxylic acids is 2. The van der Waals surface area contributed by atoms with E-state index in [2.05, 4.69) is 5.32 Å². The maximum absolute atomic E-state index is 13.5. The van der Waals surface area contributed by atoms with Gasteiger partial charge in [-0.1, -0.05) is 23.7 Å². The molecule has 7 nitrogen and oxygen atoms in total. The third-order valence-electron chi connectivity index (χ3n) is 4.55. The molecule has 0 radical (unpaired) electrons. The molecule has 2 aromatic rings. The number of hydrogen-bond acceptors (Lipinski definition) is 4. The minimum atomic E-state index is -3.95. The fourth-order valence-corrected chi connectivity index (χ4v) is 3.85. The van der Waals surface area contributed by atoms with Gasteiger partial charge >= 0.3 is 0 Å². The molecule has 11 heteroatoms. The summed E-state index contributed by atoms with van der Waals surface area (Å²) in [6, 6.07) is 7.67. The van der Waals surface area contributed by atoms with E-state index < -0.39 is 46.1 Å². The lowest BCUT2D eigenvalue weighted by molar-refractivity contribution is -0.139. The summed E-state index contributed by atoms with van der Waals surface area (Å²) in [5.41, 5.74) is 0.540. The van der Waals surface area contributed by atoms with Crippen molar-refractivity contribution in [3.05, 3.63) is 64.7 Å². The first-order valence-corrected chi connectivity index (χ1v) is 11.3. The number of amides is 2. The molecule has 168 valence electrons. The predicted octanol–water partition coefficient (Wildman–Crippen LogP) is 2.55. The fraction of sp³-hybridized carbons (Fsp3) is 0.300.